The van der Waals surface area contributed by atoms with E-state index in [4.69, 9.17) is 0 Å². The molecule has 0 unspecified atom stereocenters. The lowest BCUT2D eigenvalue weighted by Crippen LogP contribution is -2.27. The molecule has 20 heavy (non-hydrogen) atoms. The summed E-state index contributed by atoms with van der Waals surface area (Å²) in [5, 5.41) is 0. The number of hydrogen-bond donors (Lipinski definition) is 0. The summed E-state index contributed by atoms with van der Waals surface area (Å²) in [4.78, 5) is 34.5. The van der Waals surface area contributed by atoms with Crippen LogP contribution in [0.3, 0.4) is 0 Å². The van der Waals surface area contributed by atoms with Gasteiger partial charge in [0.2, 0.25) is 5.91 Å². The van der Waals surface area contributed by atoms with Crippen LogP contribution >= 0.6 is 0 Å². The third-order valence-electron chi connectivity index (χ3n) is 3.24. The van der Waals surface area contributed by atoms with E-state index in [-0.39, 0.29) is 11.9 Å². The first-order valence-corrected chi connectivity index (χ1v) is 7.36. The number of esters is 1. The fraction of sp³-hybridized carbons (Fsp3) is 0.800. The predicted molar refractivity (Wildman–Crippen MR) is 77.3 cm³/mol. The van der Waals surface area contributed by atoms with Crippen molar-refractivity contribution in [2.45, 2.75) is 57.8 Å². The molecule has 0 aliphatic heterocycles. The molecule has 0 saturated carbocycles. The maximum absolute atomic E-state index is 11.7. The third kappa shape index (κ3) is 10.5. The van der Waals surface area contributed by atoms with Gasteiger partial charge in [0, 0.05) is 32.9 Å². The summed E-state index contributed by atoms with van der Waals surface area (Å²) < 4.78 is 4.57. The summed E-state index contributed by atoms with van der Waals surface area (Å²) in [6.07, 6.45) is 7.79. The smallest absolute Gasteiger partial charge is 0.305 e. The molecule has 0 spiro atoms. The molecule has 0 aromatic carbocycles. The van der Waals surface area contributed by atoms with Crippen molar-refractivity contribution in [3.8, 4) is 0 Å². The molecule has 1 amide bonds. The molecule has 0 aromatic heterocycles. The normalized spacial score (nSPS) is 10.1. The van der Waals surface area contributed by atoms with Gasteiger partial charge in [-0.1, -0.05) is 12.8 Å². The van der Waals surface area contributed by atoms with Gasteiger partial charge < -0.3 is 14.4 Å². The summed E-state index contributed by atoms with van der Waals surface area (Å²) in [7, 11) is 3.22. The van der Waals surface area contributed by atoms with Crippen molar-refractivity contribution < 1.29 is 19.1 Å². The number of ether oxygens (including phenoxy) is 1. The molecule has 0 radical (unpaired) electrons. The SMILES string of the molecule is COC(=O)CCCCCCN(C)C(=O)CCCCC=O. The van der Waals surface area contributed by atoms with Crippen LogP contribution < -0.4 is 0 Å². The number of rotatable bonds is 12. The summed E-state index contributed by atoms with van der Waals surface area (Å²) in [5.74, 6) is -0.0157. The van der Waals surface area contributed by atoms with Crippen LogP contribution in [-0.2, 0) is 19.1 Å². The topological polar surface area (TPSA) is 63.7 Å². The van der Waals surface area contributed by atoms with Crippen molar-refractivity contribution in [3.63, 3.8) is 0 Å². The Bertz CT molecular complexity index is 292. The number of methoxy groups -OCH3 is 1. The zero-order valence-electron chi connectivity index (χ0n) is 12.7. The number of hydrogen-bond acceptors (Lipinski definition) is 4. The average molecular weight is 285 g/mol. The molecule has 0 aromatic rings. The lowest BCUT2D eigenvalue weighted by Gasteiger charge is -2.16. The van der Waals surface area contributed by atoms with E-state index < -0.39 is 0 Å². The molecule has 0 aliphatic carbocycles. The van der Waals surface area contributed by atoms with E-state index in [1.807, 2.05) is 7.05 Å². The number of aldehydes is 1. The van der Waals surface area contributed by atoms with Gasteiger partial charge in [-0.05, 0) is 25.7 Å². The minimum atomic E-state index is -0.160. The minimum Gasteiger partial charge on any atom is -0.469 e. The van der Waals surface area contributed by atoms with Crippen molar-refractivity contribution >= 4 is 18.2 Å². The van der Waals surface area contributed by atoms with Crippen molar-refractivity contribution in [2.24, 2.45) is 0 Å². The summed E-state index contributed by atoms with van der Waals surface area (Å²) in [6.45, 7) is 0.755. The second-order valence-electron chi connectivity index (χ2n) is 4.97. The first-order valence-electron chi connectivity index (χ1n) is 7.36. The first kappa shape index (κ1) is 18.6. The van der Waals surface area contributed by atoms with Crippen LogP contribution in [0.5, 0.6) is 0 Å². The maximum atomic E-state index is 11.7. The van der Waals surface area contributed by atoms with Crippen LogP contribution in [0.4, 0.5) is 0 Å². The molecule has 0 fully saturated rings. The van der Waals surface area contributed by atoms with Crippen LogP contribution in [0, 0.1) is 0 Å². The summed E-state index contributed by atoms with van der Waals surface area (Å²) in [5.41, 5.74) is 0. The summed E-state index contributed by atoms with van der Waals surface area (Å²) in [6, 6.07) is 0. The van der Waals surface area contributed by atoms with Gasteiger partial charge in [-0.2, -0.15) is 0 Å². The van der Waals surface area contributed by atoms with E-state index >= 15 is 0 Å². The number of carbonyl (C=O) groups excluding carboxylic acids is 3. The van der Waals surface area contributed by atoms with E-state index in [2.05, 4.69) is 4.74 Å². The second-order valence-corrected chi connectivity index (χ2v) is 4.97. The van der Waals surface area contributed by atoms with E-state index in [1.165, 1.54) is 7.11 Å². The zero-order chi connectivity index (χ0) is 15.2. The lowest BCUT2D eigenvalue weighted by molar-refractivity contribution is -0.140. The predicted octanol–water partition coefficient (Wildman–Crippen LogP) is 2.33. The van der Waals surface area contributed by atoms with Gasteiger partial charge in [0.1, 0.15) is 6.29 Å². The summed E-state index contributed by atoms with van der Waals surface area (Å²) >= 11 is 0. The Balaban J connectivity index is 3.47. The molecule has 0 heterocycles. The van der Waals surface area contributed by atoms with Gasteiger partial charge in [0.15, 0.2) is 0 Å². The zero-order valence-corrected chi connectivity index (χ0v) is 12.7. The van der Waals surface area contributed by atoms with Crippen LogP contribution in [0.25, 0.3) is 0 Å². The van der Waals surface area contributed by atoms with Crippen LogP contribution in [0.2, 0.25) is 0 Å². The highest BCUT2D eigenvalue weighted by Gasteiger charge is 2.07. The van der Waals surface area contributed by atoms with Crippen LogP contribution in [0.1, 0.15) is 57.8 Å². The van der Waals surface area contributed by atoms with Crippen molar-refractivity contribution in [3.05, 3.63) is 0 Å². The Morgan fingerprint density at radius 3 is 2.30 bits per heavy atom. The molecule has 116 valence electrons. The molecular weight excluding hydrogens is 258 g/mol. The van der Waals surface area contributed by atoms with Crippen molar-refractivity contribution in [1.29, 1.82) is 0 Å². The third-order valence-corrected chi connectivity index (χ3v) is 3.24. The van der Waals surface area contributed by atoms with Gasteiger partial charge in [0.05, 0.1) is 7.11 Å². The van der Waals surface area contributed by atoms with Crippen LogP contribution in [-0.4, -0.2) is 43.8 Å². The van der Waals surface area contributed by atoms with Gasteiger partial charge in [-0.15, -0.1) is 0 Å². The maximum Gasteiger partial charge on any atom is 0.305 e. The molecule has 5 nitrogen and oxygen atoms in total. The van der Waals surface area contributed by atoms with Crippen molar-refractivity contribution in [1.82, 2.24) is 4.90 Å². The molecule has 0 saturated heterocycles. The Morgan fingerprint density at radius 2 is 1.65 bits per heavy atom. The highest BCUT2D eigenvalue weighted by atomic mass is 16.5. The largest absolute Gasteiger partial charge is 0.469 e. The molecule has 0 N–H and O–H groups in total. The quantitative estimate of drug-likeness (QED) is 0.313. The van der Waals surface area contributed by atoms with E-state index in [0.29, 0.717) is 19.3 Å². The monoisotopic (exact) mass is 285 g/mol. The lowest BCUT2D eigenvalue weighted by atomic mass is 10.1. The van der Waals surface area contributed by atoms with Crippen molar-refractivity contribution in [2.75, 3.05) is 20.7 Å². The number of carbonyl (C=O) groups is 3. The Hall–Kier alpha value is -1.39. The molecule has 5 heteroatoms. The Kier molecular flexibility index (Phi) is 11.8. The van der Waals surface area contributed by atoms with Gasteiger partial charge >= 0.3 is 5.97 Å². The molecule has 0 rings (SSSR count). The van der Waals surface area contributed by atoms with E-state index in [0.717, 1.165) is 51.4 Å². The highest BCUT2D eigenvalue weighted by Crippen LogP contribution is 2.06. The van der Waals surface area contributed by atoms with Gasteiger partial charge in [-0.25, -0.2) is 0 Å². The molecule has 0 bridgehead atoms. The van der Waals surface area contributed by atoms with Crippen LogP contribution in [0.15, 0.2) is 0 Å². The average Bonchev–Trinajstić information content (AvgIpc) is 2.46. The van der Waals surface area contributed by atoms with Gasteiger partial charge in [-0.3, -0.25) is 9.59 Å². The first-order chi connectivity index (χ1) is 9.61. The number of nitrogens with zero attached hydrogens (tertiary/aromatic N) is 1. The minimum absolute atomic E-state index is 0.144. The fourth-order valence-electron chi connectivity index (χ4n) is 1.89. The highest BCUT2D eigenvalue weighted by molar-refractivity contribution is 5.75. The number of unbranched alkanes of at least 4 members (excludes halogenated alkanes) is 5. The molecule has 0 aliphatic rings. The van der Waals surface area contributed by atoms with Gasteiger partial charge in [0.25, 0.3) is 0 Å². The Morgan fingerprint density at radius 1 is 1.00 bits per heavy atom. The molecule has 0 atom stereocenters. The van der Waals surface area contributed by atoms with E-state index in [9.17, 15) is 14.4 Å². The fourth-order valence-corrected chi connectivity index (χ4v) is 1.89. The standard InChI is InChI=1S/C15H27NO4/c1-16(14(18)10-6-5-9-13-17)12-8-4-3-7-11-15(19)20-2/h13H,3-12H2,1-2H3. The second kappa shape index (κ2) is 12.6. The molecular formula is C15H27NO4. The van der Waals surface area contributed by atoms with E-state index in [1.54, 1.807) is 4.90 Å². The Labute approximate surface area is 121 Å². The number of amides is 1.